The third kappa shape index (κ3) is 3.41. The van der Waals surface area contributed by atoms with Gasteiger partial charge in [-0.05, 0) is 31.0 Å². The third-order valence-corrected chi connectivity index (χ3v) is 5.69. The molecular weight excluding hydrogens is 316 g/mol. The predicted molar refractivity (Wildman–Crippen MR) is 96.6 cm³/mol. The van der Waals surface area contributed by atoms with Crippen LogP contribution in [0.1, 0.15) is 42.6 Å². The van der Waals surface area contributed by atoms with E-state index >= 15 is 0 Å². The van der Waals surface area contributed by atoms with Crippen molar-refractivity contribution in [3.63, 3.8) is 0 Å². The summed E-state index contributed by atoms with van der Waals surface area (Å²) in [4.78, 5) is 22.7. The van der Waals surface area contributed by atoms with E-state index in [1.165, 1.54) is 19.3 Å². The Morgan fingerprint density at radius 1 is 1.20 bits per heavy atom. The van der Waals surface area contributed by atoms with Crippen LogP contribution in [0, 0.1) is 0 Å². The summed E-state index contributed by atoms with van der Waals surface area (Å²) in [5.74, 6) is -0.0882. The molecule has 1 aliphatic heterocycles. The molecule has 0 bridgehead atoms. The number of nitrogens with one attached hydrogen (secondary N) is 2. The number of carbonyl (C=O) groups excluding carboxylic acids is 1. The second-order valence-electron chi connectivity index (χ2n) is 7.18. The Morgan fingerprint density at radius 2 is 2.00 bits per heavy atom. The zero-order chi connectivity index (χ0) is 17.1. The van der Waals surface area contributed by atoms with Crippen molar-refractivity contribution < 1.29 is 9.53 Å². The lowest BCUT2D eigenvalue weighted by Gasteiger charge is -2.48. The molecule has 1 saturated heterocycles. The number of morpholine rings is 1. The highest BCUT2D eigenvalue weighted by Gasteiger charge is 2.38. The van der Waals surface area contributed by atoms with Gasteiger partial charge in [0.15, 0.2) is 0 Å². The molecule has 1 saturated carbocycles. The Morgan fingerprint density at radius 3 is 2.80 bits per heavy atom. The first-order valence-corrected chi connectivity index (χ1v) is 9.32. The highest BCUT2D eigenvalue weighted by Crippen LogP contribution is 2.33. The van der Waals surface area contributed by atoms with Gasteiger partial charge in [0.2, 0.25) is 0 Å². The van der Waals surface area contributed by atoms with Crippen LogP contribution in [0.2, 0.25) is 0 Å². The molecule has 0 radical (unpaired) electrons. The van der Waals surface area contributed by atoms with Gasteiger partial charge in [0.1, 0.15) is 11.3 Å². The van der Waals surface area contributed by atoms with Crippen LogP contribution in [0.15, 0.2) is 24.4 Å². The second kappa shape index (κ2) is 7.14. The first-order valence-electron chi connectivity index (χ1n) is 9.32. The van der Waals surface area contributed by atoms with E-state index < -0.39 is 0 Å². The number of aromatic nitrogens is 2. The molecule has 0 aromatic carbocycles. The highest BCUT2D eigenvalue weighted by atomic mass is 16.5. The number of carbonyl (C=O) groups is 1. The lowest BCUT2D eigenvalue weighted by atomic mass is 9.79. The van der Waals surface area contributed by atoms with E-state index in [2.05, 4.69) is 20.2 Å². The molecule has 0 spiro atoms. The summed E-state index contributed by atoms with van der Waals surface area (Å²) >= 11 is 0. The fraction of sp³-hybridized carbons (Fsp3) is 0.579. The number of hydrogen-bond donors (Lipinski definition) is 2. The minimum atomic E-state index is -0.0882. The number of rotatable bonds is 4. The average Bonchev–Trinajstić information content (AvgIpc) is 3.15. The Balaban J connectivity index is 1.47. The van der Waals surface area contributed by atoms with Crippen molar-refractivity contribution in [1.29, 1.82) is 0 Å². The molecule has 2 aromatic rings. The molecule has 6 heteroatoms. The van der Waals surface area contributed by atoms with E-state index in [4.69, 9.17) is 4.74 Å². The van der Waals surface area contributed by atoms with Crippen molar-refractivity contribution in [2.24, 2.45) is 0 Å². The van der Waals surface area contributed by atoms with Gasteiger partial charge in [0.25, 0.3) is 5.91 Å². The van der Waals surface area contributed by atoms with E-state index in [9.17, 15) is 4.79 Å². The molecule has 2 aromatic heterocycles. The normalized spacial score (nSPS) is 21.3. The maximum atomic E-state index is 12.6. The summed E-state index contributed by atoms with van der Waals surface area (Å²) in [5.41, 5.74) is 1.31. The third-order valence-electron chi connectivity index (χ3n) is 5.69. The Kier molecular flexibility index (Phi) is 4.72. The number of fused-ring (bicyclic) bond motifs is 1. The topological polar surface area (TPSA) is 70.2 Å². The van der Waals surface area contributed by atoms with Gasteiger partial charge in [-0.15, -0.1) is 0 Å². The van der Waals surface area contributed by atoms with E-state index in [1.54, 1.807) is 6.07 Å². The molecule has 6 nitrogen and oxygen atoms in total. The summed E-state index contributed by atoms with van der Waals surface area (Å²) in [5, 5.41) is 4.19. The summed E-state index contributed by atoms with van der Waals surface area (Å²) < 4.78 is 5.52. The quantitative estimate of drug-likeness (QED) is 0.895. The number of H-pyrrole nitrogens is 1. The van der Waals surface area contributed by atoms with E-state index in [1.807, 2.05) is 18.3 Å². The molecule has 0 unspecified atom stereocenters. The second-order valence-corrected chi connectivity index (χ2v) is 7.18. The van der Waals surface area contributed by atoms with Crippen molar-refractivity contribution in [3.05, 3.63) is 30.1 Å². The van der Waals surface area contributed by atoms with Crippen molar-refractivity contribution >= 4 is 16.9 Å². The SMILES string of the molecule is O=C(NCC1(N2CCOCC2)CCCCC1)c1ccc2cc[nH]c2n1. The largest absolute Gasteiger partial charge is 0.379 e. The molecule has 4 rings (SSSR count). The van der Waals surface area contributed by atoms with Gasteiger partial charge < -0.3 is 15.0 Å². The minimum absolute atomic E-state index is 0.0776. The minimum Gasteiger partial charge on any atom is -0.379 e. The standard InChI is InChI=1S/C19H26N4O2/c24-18(16-5-4-15-6-9-20-17(15)22-16)21-14-19(7-2-1-3-8-19)23-10-12-25-13-11-23/h4-6,9H,1-3,7-8,10-14H2,(H,20,22)(H,21,24). The number of aromatic amines is 1. The van der Waals surface area contributed by atoms with Crippen LogP contribution >= 0.6 is 0 Å². The van der Waals surface area contributed by atoms with E-state index in [-0.39, 0.29) is 11.4 Å². The molecule has 3 heterocycles. The van der Waals surface area contributed by atoms with Crippen LogP contribution in [-0.2, 0) is 4.74 Å². The fourth-order valence-electron chi connectivity index (χ4n) is 4.24. The van der Waals surface area contributed by atoms with Gasteiger partial charge in [-0.1, -0.05) is 19.3 Å². The van der Waals surface area contributed by atoms with Crippen LogP contribution in [0.3, 0.4) is 0 Å². The maximum absolute atomic E-state index is 12.6. The first kappa shape index (κ1) is 16.5. The van der Waals surface area contributed by atoms with Gasteiger partial charge in [0.05, 0.1) is 13.2 Å². The van der Waals surface area contributed by atoms with Gasteiger partial charge in [-0.2, -0.15) is 0 Å². The Bertz CT molecular complexity index is 730. The highest BCUT2D eigenvalue weighted by molar-refractivity contribution is 5.94. The monoisotopic (exact) mass is 342 g/mol. The summed E-state index contributed by atoms with van der Waals surface area (Å²) in [6.07, 6.45) is 7.91. The van der Waals surface area contributed by atoms with Crippen LogP contribution in [0.25, 0.3) is 11.0 Å². The zero-order valence-electron chi connectivity index (χ0n) is 14.6. The van der Waals surface area contributed by atoms with E-state index in [0.717, 1.165) is 50.2 Å². The predicted octanol–water partition coefficient (Wildman–Crippen LogP) is 2.33. The maximum Gasteiger partial charge on any atom is 0.270 e. The molecule has 2 aliphatic rings. The first-order chi connectivity index (χ1) is 12.3. The molecule has 0 atom stereocenters. The molecule has 2 fully saturated rings. The molecule has 2 N–H and O–H groups in total. The van der Waals surface area contributed by atoms with Gasteiger partial charge in [-0.3, -0.25) is 9.69 Å². The van der Waals surface area contributed by atoms with Crippen molar-refractivity contribution in [2.45, 2.75) is 37.6 Å². The van der Waals surface area contributed by atoms with Crippen molar-refractivity contribution in [2.75, 3.05) is 32.8 Å². The zero-order valence-corrected chi connectivity index (χ0v) is 14.6. The van der Waals surface area contributed by atoms with Crippen LogP contribution in [0.4, 0.5) is 0 Å². The summed E-state index contributed by atoms with van der Waals surface area (Å²) in [6.45, 7) is 4.20. The molecule has 1 amide bonds. The lowest BCUT2D eigenvalue weighted by Crippen LogP contribution is -2.59. The van der Waals surface area contributed by atoms with Gasteiger partial charge in [-0.25, -0.2) is 4.98 Å². The Labute approximate surface area is 147 Å². The molecular formula is C19H26N4O2. The fourth-order valence-corrected chi connectivity index (χ4v) is 4.24. The summed E-state index contributed by atoms with van der Waals surface area (Å²) in [7, 11) is 0. The number of ether oxygens (including phenoxy) is 1. The molecule has 25 heavy (non-hydrogen) atoms. The summed E-state index contributed by atoms with van der Waals surface area (Å²) in [6, 6.07) is 5.69. The molecule has 1 aliphatic carbocycles. The van der Waals surface area contributed by atoms with Crippen LogP contribution < -0.4 is 5.32 Å². The van der Waals surface area contributed by atoms with E-state index in [0.29, 0.717) is 12.2 Å². The smallest absolute Gasteiger partial charge is 0.270 e. The Hall–Kier alpha value is -1.92. The number of nitrogens with zero attached hydrogens (tertiary/aromatic N) is 2. The lowest BCUT2D eigenvalue weighted by molar-refractivity contribution is -0.0361. The van der Waals surface area contributed by atoms with Crippen molar-refractivity contribution in [3.8, 4) is 0 Å². The molecule has 134 valence electrons. The van der Waals surface area contributed by atoms with Gasteiger partial charge in [0, 0.05) is 36.8 Å². The van der Waals surface area contributed by atoms with Crippen LogP contribution in [-0.4, -0.2) is 59.2 Å². The number of hydrogen-bond acceptors (Lipinski definition) is 4. The van der Waals surface area contributed by atoms with Crippen molar-refractivity contribution in [1.82, 2.24) is 20.2 Å². The number of pyridine rings is 1. The van der Waals surface area contributed by atoms with Gasteiger partial charge >= 0.3 is 0 Å². The van der Waals surface area contributed by atoms with Crippen LogP contribution in [0.5, 0.6) is 0 Å². The average molecular weight is 342 g/mol. The number of amides is 1.